The van der Waals surface area contributed by atoms with E-state index in [9.17, 15) is 0 Å². The van der Waals surface area contributed by atoms with Gasteiger partial charge in [-0.25, -0.2) is 0 Å². The summed E-state index contributed by atoms with van der Waals surface area (Å²) >= 11 is 0. The molecule has 0 amide bonds. The Morgan fingerprint density at radius 2 is 0.878 bits per heavy atom. The Balaban J connectivity index is 1.10. The van der Waals surface area contributed by atoms with E-state index in [0.717, 1.165) is 19.3 Å². The average molecular weight is 1080 g/mol. The van der Waals surface area contributed by atoms with Crippen LogP contribution in [0.4, 0.5) is 45.5 Å². The Morgan fingerprint density at radius 3 is 1.45 bits per heavy atom. The third-order valence-electron chi connectivity index (χ3n) is 22.1. The first-order valence-electron chi connectivity index (χ1n) is 31.1. The Labute approximate surface area is 492 Å². The Bertz CT molecular complexity index is 3940. The van der Waals surface area contributed by atoms with Gasteiger partial charge in [-0.3, -0.25) is 0 Å². The molecular formula is C78H86BN3. The van der Waals surface area contributed by atoms with Gasteiger partial charge < -0.3 is 14.6 Å². The lowest BCUT2D eigenvalue weighted by atomic mass is 9.42. The Kier molecular flexibility index (Phi) is 11.3. The quantitative estimate of drug-likeness (QED) is 0.159. The van der Waals surface area contributed by atoms with Crippen LogP contribution in [0.25, 0.3) is 22.3 Å². The van der Waals surface area contributed by atoms with Crippen LogP contribution in [0.3, 0.4) is 0 Å². The van der Waals surface area contributed by atoms with Gasteiger partial charge in [-0.1, -0.05) is 175 Å². The molecule has 0 fully saturated rings. The van der Waals surface area contributed by atoms with E-state index in [-0.39, 0.29) is 44.8 Å². The van der Waals surface area contributed by atoms with Crippen LogP contribution in [0.15, 0.2) is 140 Å². The SMILES string of the molecule is Cc1cc(C)c(-c2cc3c4c(c2)N2c5ccccc5C(C)(C)c5cccc(c52)B4N(c2ccc4c(c2)C(C)(C)CCC4(C)C)c2cc(N(c4ccc5c(c4)C(C)(C)CCC5(C)C)c4ccc5c(c4)C(C)(C)CCC5(C)C)ccc2-3)c(C)c1. The van der Waals surface area contributed by atoms with Gasteiger partial charge >= 0.3 is 6.85 Å². The zero-order valence-electron chi connectivity index (χ0n) is 52.4. The van der Waals surface area contributed by atoms with E-state index in [0.29, 0.717) is 0 Å². The number of aryl methyl sites for hydroxylation is 3. The average Bonchev–Trinajstić information content (AvgIpc) is 0.910. The molecule has 0 radical (unpaired) electrons. The largest absolute Gasteiger partial charge is 0.376 e. The monoisotopic (exact) mass is 1080 g/mol. The molecule has 416 valence electrons. The van der Waals surface area contributed by atoms with Crippen molar-refractivity contribution < 1.29 is 0 Å². The number of benzene rings is 8. The number of hydrogen-bond acceptors (Lipinski definition) is 3. The number of nitrogens with zero attached hydrogens (tertiary/aromatic N) is 3. The van der Waals surface area contributed by atoms with Gasteiger partial charge in [0.1, 0.15) is 0 Å². The normalized spacial score (nSPS) is 19.8. The van der Waals surface area contributed by atoms with Crippen molar-refractivity contribution in [1.29, 1.82) is 0 Å². The minimum atomic E-state index is -0.232. The molecule has 3 aliphatic carbocycles. The smallest absolute Gasteiger partial charge is 0.333 e. The van der Waals surface area contributed by atoms with Crippen LogP contribution >= 0.6 is 0 Å². The predicted octanol–water partition coefficient (Wildman–Crippen LogP) is 20.1. The first-order valence-corrected chi connectivity index (χ1v) is 31.1. The van der Waals surface area contributed by atoms with Crippen molar-refractivity contribution in [3.63, 3.8) is 0 Å². The number of anilines is 8. The highest BCUT2D eigenvalue weighted by molar-refractivity contribution is 6.93. The van der Waals surface area contributed by atoms with Gasteiger partial charge in [0.05, 0.1) is 5.69 Å². The second-order valence-electron chi connectivity index (χ2n) is 30.8. The van der Waals surface area contributed by atoms with E-state index in [1.807, 2.05) is 0 Å². The van der Waals surface area contributed by atoms with E-state index in [1.54, 1.807) is 0 Å². The van der Waals surface area contributed by atoms with Gasteiger partial charge in [-0.2, -0.15) is 0 Å². The van der Waals surface area contributed by atoms with E-state index in [4.69, 9.17) is 0 Å². The van der Waals surface area contributed by atoms with Gasteiger partial charge in [0.15, 0.2) is 0 Å². The Hall–Kier alpha value is -6.78. The van der Waals surface area contributed by atoms with Crippen LogP contribution in [0.2, 0.25) is 0 Å². The molecule has 4 heteroatoms. The van der Waals surface area contributed by atoms with Crippen molar-refractivity contribution in [2.45, 2.75) is 194 Å². The molecule has 14 rings (SSSR count). The highest BCUT2D eigenvalue weighted by Crippen LogP contribution is 2.58. The van der Waals surface area contributed by atoms with Gasteiger partial charge in [0.25, 0.3) is 0 Å². The molecule has 3 heterocycles. The molecule has 0 saturated carbocycles. The molecule has 0 atom stereocenters. The third kappa shape index (κ3) is 7.67. The summed E-state index contributed by atoms with van der Waals surface area (Å²) in [7, 11) is 0. The third-order valence-corrected chi connectivity index (χ3v) is 22.1. The van der Waals surface area contributed by atoms with Crippen molar-refractivity contribution in [2.24, 2.45) is 0 Å². The maximum absolute atomic E-state index is 2.81. The van der Waals surface area contributed by atoms with Crippen molar-refractivity contribution in [3.05, 3.63) is 201 Å². The minimum absolute atomic E-state index is 0.0203. The molecule has 8 aromatic carbocycles. The zero-order chi connectivity index (χ0) is 57.7. The molecule has 0 N–H and O–H groups in total. The molecule has 3 nitrogen and oxygen atoms in total. The lowest BCUT2D eigenvalue weighted by molar-refractivity contribution is 0.332. The van der Waals surface area contributed by atoms with Crippen molar-refractivity contribution in [3.8, 4) is 22.3 Å². The highest BCUT2D eigenvalue weighted by atomic mass is 15.2. The summed E-state index contributed by atoms with van der Waals surface area (Å²) in [5.74, 6) is 0. The van der Waals surface area contributed by atoms with E-state index in [2.05, 4.69) is 272 Å². The van der Waals surface area contributed by atoms with Crippen LogP contribution < -0.4 is 25.5 Å². The second-order valence-corrected chi connectivity index (χ2v) is 30.8. The lowest BCUT2D eigenvalue weighted by Gasteiger charge is -2.51. The van der Waals surface area contributed by atoms with Crippen LogP contribution in [0.1, 0.15) is 197 Å². The first-order chi connectivity index (χ1) is 38.6. The molecule has 0 bridgehead atoms. The van der Waals surface area contributed by atoms with E-state index >= 15 is 0 Å². The van der Waals surface area contributed by atoms with E-state index in [1.165, 1.54) is 159 Å². The van der Waals surface area contributed by atoms with Gasteiger partial charge in [-0.15, -0.1) is 0 Å². The minimum Gasteiger partial charge on any atom is -0.376 e. The summed E-state index contributed by atoms with van der Waals surface area (Å²) < 4.78 is 0. The molecule has 0 saturated heterocycles. The summed E-state index contributed by atoms with van der Waals surface area (Å²) in [5.41, 5.74) is 33.6. The topological polar surface area (TPSA) is 9.72 Å². The molecule has 0 unspecified atom stereocenters. The second kappa shape index (κ2) is 17.4. The molecule has 6 aliphatic rings. The summed E-state index contributed by atoms with van der Waals surface area (Å²) in [4.78, 5) is 8.12. The van der Waals surface area contributed by atoms with Crippen molar-refractivity contribution >= 4 is 63.3 Å². The fraction of sp³-hybridized carbons (Fsp3) is 0.385. The van der Waals surface area contributed by atoms with Gasteiger partial charge in [-0.05, 0) is 242 Å². The van der Waals surface area contributed by atoms with Crippen molar-refractivity contribution in [2.75, 3.05) is 14.6 Å². The fourth-order valence-corrected chi connectivity index (χ4v) is 16.9. The molecule has 0 spiro atoms. The molecule has 3 aliphatic heterocycles. The number of hydrogen-bond donors (Lipinski definition) is 0. The molecule has 0 aromatic heterocycles. The Morgan fingerprint density at radius 1 is 0.390 bits per heavy atom. The highest BCUT2D eigenvalue weighted by Gasteiger charge is 2.51. The van der Waals surface area contributed by atoms with Crippen LogP contribution in [-0.2, 0) is 37.9 Å². The maximum atomic E-state index is 2.81. The van der Waals surface area contributed by atoms with Gasteiger partial charge in [0.2, 0.25) is 0 Å². The number of fused-ring (bicyclic) bond motifs is 9. The van der Waals surface area contributed by atoms with Crippen molar-refractivity contribution in [1.82, 2.24) is 0 Å². The zero-order valence-corrected chi connectivity index (χ0v) is 52.4. The molecular weight excluding hydrogens is 990 g/mol. The maximum Gasteiger partial charge on any atom is 0.333 e. The standard InChI is InChI=1S/C78H86BN3/c1-47-39-48(2)69(49(3)40-47)50-41-56-55-29-25-53(80(51-26-30-57-62(43-51)75(10,11)36-33-72(57,4)5)52-27-31-58-63(44-52)76(12,13)37-34-73(58,6)7)46-67(55)82(54-28-32-59-64(45-54)77(14,15)38-35-74(59,8)9)79-65-23-20-22-61-71(65)81(68(42-50)70(56)79)66-24-19-18-21-60(66)78(61,16)17/h18-32,39-46H,33-38H2,1-17H3. The van der Waals surface area contributed by atoms with E-state index < -0.39 is 0 Å². The fourth-order valence-electron chi connectivity index (χ4n) is 16.9. The van der Waals surface area contributed by atoms with Crippen LogP contribution in [0, 0.1) is 20.8 Å². The molecule has 8 aromatic rings. The first kappa shape index (κ1) is 53.2. The summed E-state index contributed by atoms with van der Waals surface area (Å²) in [5, 5.41) is 0. The van der Waals surface area contributed by atoms with Crippen LogP contribution in [0.5, 0.6) is 0 Å². The summed E-state index contributed by atoms with van der Waals surface area (Å²) in [6.45, 7) is 41.3. The predicted molar refractivity (Wildman–Crippen MR) is 352 cm³/mol. The number of rotatable bonds is 5. The van der Waals surface area contributed by atoms with Gasteiger partial charge in [0, 0.05) is 50.8 Å². The summed E-state index contributed by atoms with van der Waals surface area (Å²) in [6.07, 6.45) is 7.03. The number of para-hydroxylation sites is 2. The summed E-state index contributed by atoms with van der Waals surface area (Å²) in [6, 6.07) is 56.7. The molecule has 82 heavy (non-hydrogen) atoms. The lowest BCUT2D eigenvalue weighted by Crippen LogP contribution is -2.62. The van der Waals surface area contributed by atoms with Crippen LogP contribution in [-0.4, -0.2) is 6.85 Å².